The minimum Gasteiger partial charge on any atom is -0.493 e. The molecule has 2 aromatic heterocycles. The number of nitrogens with zero attached hydrogens (tertiary/aromatic N) is 4. The molecule has 0 aliphatic carbocycles. The summed E-state index contributed by atoms with van der Waals surface area (Å²) in [5, 5.41) is 4.14. The van der Waals surface area contributed by atoms with Gasteiger partial charge in [0.05, 0.1) is 25.4 Å². The van der Waals surface area contributed by atoms with Crippen LogP contribution in [0.3, 0.4) is 0 Å². The van der Waals surface area contributed by atoms with E-state index in [0.29, 0.717) is 41.7 Å². The number of amides is 1. The van der Waals surface area contributed by atoms with Gasteiger partial charge >= 0.3 is 0 Å². The molecule has 0 spiro atoms. The summed E-state index contributed by atoms with van der Waals surface area (Å²) in [5.74, 6) is 2.35. The molecule has 5 rings (SSSR count). The van der Waals surface area contributed by atoms with Gasteiger partial charge in [-0.25, -0.2) is 15.0 Å². The largest absolute Gasteiger partial charge is 0.493 e. The standard InChI is InChI=1S/C25H23N5O4/c1-3-24(31)30-8-7-18(13-30)34-22-10-19-20(11-21(22)32-2)27-14-28-25(19)29-17-6-4-5-16(9-17)23-12-26-15-33-23/h3-6,9-12,14-15,18H,1,7-8,13H2,2H3,(H,27,28,29). The molecule has 1 unspecified atom stereocenters. The Balaban J connectivity index is 1.44. The summed E-state index contributed by atoms with van der Waals surface area (Å²) in [6, 6.07) is 11.5. The number of fused-ring (bicyclic) bond motifs is 1. The molecule has 1 amide bonds. The number of nitrogens with one attached hydrogen (secondary N) is 1. The lowest BCUT2D eigenvalue weighted by molar-refractivity contribution is -0.125. The molecule has 1 aliphatic rings. The zero-order valence-corrected chi connectivity index (χ0v) is 18.6. The van der Waals surface area contributed by atoms with E-state index in [1.807, 2.05) is 36.4 Å². The van der Waals surface area contributed by atoms with E-state index in [0.717, 1.165) is 23.1 Å². The second-order valence-corrected chi connectivity index (χ2v) is 7.83. The maximum Gasteiger partial charge on any atom is 0.246 e. The zero-order valence-electron chi connectivity index (χ0n) is 18.6. The van der Waals surface area contributed by atoms with Crippen molar-refractivity contribution in [1.29, 1.82) is 0 Å². The number of rotatable bonds is 7. The van der Waals surface area contributed by atoms with E-state index in [9.17, 15) is 4.79 Å². The second-order valence-electron chi connectivity index (χ2n) is 7.83. The number of likely N-dealkylation sites (tertiary alicyclic amines) is 1. The fourth-order valence-electron chi connectivity index (χ4n) is 3.99. The van der Waals surface area contributed by atoms with Gasteiger partial charge in [-0.05, 0) is 24.3 Å². The van der Waals surface area contributed by atoms with E-state index in [2.05, 4.69) is 26.8 Å². The Morgan fingerprint density at radius 3 is 2.97 bits per heavy atom. The first-order valence-electron chi connectivity index (χ1n) is 10.8. The number of hydrogen-bond donors (Lipinski definition) is 1. The molecule has 2 aromatic carbocycles. The highest BCUT2D eigenvalue weighted by molar-refractivity contribution is 5.93. The molecule has 0 radical (unpaired) electrons. The highest BCUT2D eigenvalue weighted by Gasteiger charge is 2.27. The number of carbonyl (C=O) groups excluding carboxylic acids is 1. The van der Waals surface area contributed by atoms with Gasteiger partial charge in [0, 0.05) is 35.7 Å². The van der Waals surface area contributed by atoms with Gasteiger partial charge in [-0.15, -0.1) is 0 Å². The third-order valence-corrected chi connectivity index (χ3v) is 5.69. The van der Waals surface area contributed by atoms with E-state index in [-0.39, 0.29) is 12.0 Å². The Morgan fingerprint density at radius 1 is 1.26 bits per heavy atom. The van der Waals surface area contributed by atoms with Crippen LogP contribution in [0.2, 0.25) is 0 Å². The fraction of sp³-hybridized carbons (Fsp3) is 0.200. The van der Waals surface area contributed by atoms with Gasteiger partial charge in [-0.2, -0.15) is 0 Å². The number of oxazole rings is 1. The van der Waals surface area contributed by atoms with Crippen LogP contribution >= 0.6 is 0 Å². The van der Waals surface area contributed by atoms with Crippen LogP contribution in [0.4, 0.5) is 11.5 Å². The number of methoxy groups -OCH3 is 1. The van der Waals surface area contributed by atoms with E-state index >= 15 is 0 Å². The van der Waals surface area contributed by atoms with Crippen molar-refractivity contribution in [2.75, 3.05) is 25.5 Å². The van der Waals surface area contributed by atoms with Crippen LogP contribution in [0.5, 0.6) is 11.5 Å². The third kappa shape index (κ3) is 4.27. The van der Waals surface area contributed by atoms with Crippen LogP contribution in [-0.4, -0.2) is 52.1 Å². The molecule has 9 nitrogen and oxygen atoms in total. The Bertz CT molecular complexity index is 1340. The maximum atomic E-state index is 11.9. The van der Waals surface area contributed by atoms with Crippen LogP contribution in [0, 0.1) is 0 Å². The van der Waals surface area contributed by atoms with Crippen LogP contribution in [0.25, 0.3) is 22.2 Å². The molecule has 1 atom stereocenters. The Hall–Kier alpha value is -4.40. The van der Waals surface area contributed by atoms with Gasteiger partial charge in [0.1, 0.15) is 18.2 Å². The molecule has 1 saturated heterocycles. The van der Waals surface area contributed by atoms with Crippen molar-refractivity contribution in [2.45, 2.75) is 12.5 Å². The van der Waals surface area contributed by atoms with Crippen molar-refractivity contribution in [2.24, 2.45) is 0 Å². The monoisotopic (exact) mass is 457 g/mol. The summed E-state index contributed by atoms with van der Waals surface area (Å²) in [6.07, 6.45) is 6.48. The lowest BCUT2D eigenvalue weighted by Gasteiger charge is -2.18. The van der Waals surface area contributed by atoms with Crippen molar-refractivity contribution in [3.8, 4) is 22.8 Å². The minimum absolute atomic E-state index is 0.0935. The molecule has 172 valence electrons. The quantitative estimate of drug-likeness (QED) is 0.412. The lowest BCUT2D eigenvalue weighted by Crippen LogP contribution is -2.29. The predicted molar refractivity (Wildman–Crippen MR) is 127 cm³/mol. The molecule has 0 bridgehead atoms. The topological polar surface area (TPSA) is 103 Å². The van der Waals surface area contributed by atoms with Gasteiger partial charge in [-0.1, -0.05) is 18.7 Å². The minimum atomic E-state index is -0.144. The molecule has 3 heterocycles. The molecular weight excluding hydrogens is 434 g/mol. The van der Waals surface area contributed by atoms with Crippen molar-refractivity contribution in [1.82, 2.24) is 19.9 Å². The van der Waals surface area contributed by atoms with Crippen molar-refractivity contribution >= 4 is 28.3 Å². The summed E-state index contributed by atoms with van der Waals surface area (Å²) in [4.78, 5) is 26.5. The van der Waals surface area contributed by atoms with Crippen molar-refractivity contribution in [3.05, 3.63) is 68.0 Å². The van der Waals surface area contributed by atoms with E-state index < -0.39 is 0 Å². The lowest BCUT2D eigenvalue weighted by atomic mass is 10.1. The van der Waals surface area contributed by atoms with E-state index in [4.69, 9.17) is 13.9 Å². The second kappa shape index (κ2) is 9.22. The van der Waals surface area contributed by atoms with Crippen molar-refractivity contribution < 1.29 is 18.7 Å². The van der Waals surface area contributed by atoms with Gasteiger partial charge in [0.2, 0.25) is 5.91 Å². The number of carbonyl (C=O) groups is 1. The molecular formula is C25H23N5O4. The normalized spacial score (nSPS) is 15.3. The number of benzene rings is 2. The van der Waals surface area contributed by atoms with Gasteiger partial charge in [-0.3, -0.25) is 4.79 Å². The zero-order chi connectivity index (χ0) is 23.5. The summed E-state index contributed by atoms with van der Waals surface area (Å²) in [6.45, 7) is 4.68. The SMILES string of the molecule is C=CC(=O)N1CCC(Oc2cc3c(Nc4cccc(-c5cnco5)c4)ncnc3cc2OC)C1. The number of aromatic nitrogens is 3. The molecule has 0 saturated carbocycles. The Labute approximate surface area is 196 Å². The predicted octanol–water partition coefficient (Wildman–Crippen LogP) is 4.20. The first-order valence-corrected chi connectivity index (χ1v) is 10.8. The Morgan fingerprint density at radius 2 is 2.18 bits per heavy atom. The van der Waals surface area contributed by atoms with Crippen LogP contribution in [-0.2, 0) is 4.79 Å². The number of ether oxygens (including phenoxy) is 2. The molecule has 1 aliphatic heterocycles. The highest BCUT2D eigenvalue weighted by atomic mass is 16.5. The summed E-state index contributed by atoms with van der Waals surface area (Å²) < 4.78 is 17.2. The molecule has 1 fully saturated rings. The first-order chi connectivity index (χ1) is 16.6. The maximum absolute atomic E-state index is 11.9. The average molecular weight is 457 g/mol. The molecule has 1 N–H and O–H groups in total. The highest BCUT2D eigenvalue weighted by Crippen LogP contribution is 2.36. The molecule has 9 heteroatoms. The van der Waals surface area contributed by atoms with Crippen molar-refractivity contribution in [3.63, 3.8) is 0 Å². The van der Waals surface area contributed by atoms with E-state index in [1.165, 1.54) is 18.8 Å². The number of anilines is 2. The van der Waals surface area contributed by atoms with E-state index in [1.54, 1.807) is 18.2 Å². The van der Waals surface area contributed by atoms with Crippen LogP contribution < -0.4 is 14.8 Å². The van der Waals surface area contributed by atoms with Gasteiger partial charge in [0.15, 0.2) is 23.7 Å². The van der Waals surface area contributed by atoms with Gasteiger partial charge < -0.3 is 24.1 Å². The first kappa shape index (κ1) is 21.4. The number of hydrogen-bond acceptors (Lipinski definition) is 8. The van der Waals surface area contributed by atoms with Crippen LogP contribution in [0.15, 0.2) is 72.4 Å². The summed E-state index contributed by atoms with van der Waals surface area (Å²) in [7, 11) is 1.59. The summed E-state index contributed by atoms with van der Waals surface area (Å²) >= 11 is 0. The van der Waals surface area contributed by atoms with Crippen LogP contribution in [0.1, 0.15) is 6.42 Å². The van der Waals surface area contributed by atoms with Gasteiger partial charge in [0.25, 0.3) is 0 Å². The summed E-state index contributed by atoms with van der Waals surface area (Å²) in [5.41, 5.74) is 2.44. The smallest absolute Gasteiger partial charge is 0.246 e. The fourth-order valence-corrected chi connectivity index (χ4v) is 3.99. The molecule has 4 aromatic rings. The Kier molecular flexibility index (Phi) is 5.82. The average Bonchev–Trinajstić information content (AvgIpc) is 3.56. The molecule has 34 heavy (non-hydrogen) atoms. The third-order valence-electron chi connectivity index (χ3n) is 5.69.